The van der Waals surface area contributed by atoms with Crippen LogP contribution in [0.1, 0.15) is 71.4 Å². The van der Waals surface area contributed by atoms with Crippen LogP contribution in [0.2, 0.25) is 0 Å². The van der Waals surface area contributed by atoms with Crippen molar-refractivity contribution in [3.05, 3.63) is 105 Å². The number of aryl methyl sites for hydroxylation is 6. The lowest BCUT2D eigenvalue weighted by atomic mass is 9.87. The SMILES string of the molecule is CC(COC(=O)c1ccc2c(c1)CC2)(COC(=O)c1ccc2c(c1)CC2)COC(=O)c1ccc2c(c1)CC2. The minimum absolute atomic E-state index is 0.0716. The first-order valence-electron chi connectivity index (χ1n) is 13.2. The van der Waals surface area contributed by atoms with Crippen LogP contribution in [-0.4, -0.2) is 37.7 Å². The van der Waals surface area contributed by atoms with E-state index in [4.69, 9.17) is 14.2 Å². The summed E-state index contributed by atoms with van der Waals surface area (Å²) in [6.07, 6.45) is 6.00. The summed E-state index contributed by atoms with van der Waals surface area (Å²) in [5.41, 5.74) is 7.83. The molecule has 6 rings (SSSR count). The number of benzene rings is 3. The largest absolute Gasteiger partial charge is 0.461 e. The maximum atomic E-state index is 12.8. The highest BCUT2D eigenvalue weighted by atomic mass is 16.6. The lowest BCUT2D eigenvalue weighted by Gasteiger charge is -2.28. The third kappa shape index (κ3) is 4.83. The van der Waals surface area contributed by atoms with Gasteiger partial charge in [-0.1, -0.05) is 18.2 Å². The van der Waals surface area contributed by atoms with Crippen LogP contribution >= 0.6 is 0 Å². The molecule has 0 atom stereocenters. The quantitative estimate of drug-likeness (QED) is 0.302. The van der Waals surface area contributed by atoms with Gasteiger partial charge in [0.15, 0.2) is 0 Å². The predicted octanol–water partition coefficient (Wildman–Crippen LogP) is 4.86. The molecule has 3 aliphatic carbocycles. The van der Waals surface area contributed by atoms with E-state index in [0.717, 1.165) is 38.5 Å². The highest BCUT2D eigenvalue weighted by molar-refractivity contribution is 5.91. The Bertz CT molecular complexity index is 1280. The number of rotatable bonds is 9. The molecule has 6 nitrogen and oxygen atoms in total. The first kappa shape index (κ1) is 24.4. The minimum Gasteiger partial charge on any atom is -0.461 e. The van der Waals surface area contributed by atoms with Gasteiger partial charge in [0.2, 0.25) is 0 Å². The predicted molar refractivity (Wildman–Crippen MR) is 141 cm³/mol. The van der Waals surface area contributed by atoms with Crippen LogP contribution in [0.3, 0.4) is 0 Å². The zero-order chi connectivity index (χ0) is 26.3. The summed E-state index contributed by atoms with van der Waals surface area (Å²) in [6.45, 7) is 1.57. The molecule has 0 saturated heterocycles. The lowest BCUT2D eigenvalue weighted by molar-refractivity contribution is -0.0288. The number of fused-ring (bicyclic) bond motifs is 3. The number of ether oxygens (including phenoxy) is 3. The molecule has 0 bridgehead atoms. The molecule has 0 aromatic heterocycles. The Balaban J connectivity index is 1.12. The Labute approximate surface area is 221 Å². The smallest absolute Gasteiger partial charge is 0.338 e. The average Bonchev–Trinajstić information content (AvgIpc) is 2.87. The zero-order valence-electron chi connectivity index (χ0n) is 21.5. The maximum absolute atomic E-state index is 12.8. The molecule has 0 heterocycles. The molecule has 38 heavy (non-hydrogen) atoms. The molecule has 3 aliphatic rings. The highest BCUT2D eigenvalue weighted by Crippen LogP contribution is 2.28. The minimum atomic E-state index is -0.930. The van der Waals surface area contributed by atoms with E-state index in [1.807, 2.05) is 36.4 Å². The molecule has 0 fully saturated rings. The Morgan fingerprint density at radius 1 is 0.526 bits per heavy atom. The summed E-state index contributed by atoms with van der Waals surface area (Å²) in [5.74, 6) is -1.35. The van der Waals surface area contributed by atoms with Crippen molar-refractivity contribution < 1.29 is 28.6 Å². The van der Waals surface area contributed by atoms with Gasteiger partial charge in [0.05, 0.1) is 22.1 Å². The average molecular weight is 511 g/mol. The molecular weight excluding hydrogens is 480 g/mol. The van der Waals surface area contributed by atoms with Crippen molar-refractivity contribution in [2.45, 2.75) is 45.4 Å². The normalized spacial score (nSPS) is 14.4. The number of carbonyl (C=O) groups is 3. The van der Waals surface area contributed by atoms with Gasteiger partial charge in [-0.05, 0) is 115 Å². The standard InChI is InChI=1S/C32H30O6/c1-32(17-36-29(33)26-11-5-20-2-8-23(20)14-26,18-37-30(34)27-12-6-21-3-9-24(21)15-27)19-38-31(35)28-13-7-22-4-10-25(22)16-28/h5-7,11-16H,2-4,8-10,17-19H2,1H3. The number of hydrogen-bond acceptors (Lipinski definition) is 6. The molecule has 3 aromatic rings. The summed E-state index contributed by atoms with van der Waals surface area (Å²) in [5, 5.41) is 0. The highest BCUT2D eigenvalue weighted by Gasteiger charge is 2.32. The van der Waals surface area contributed by atoms with Crippen molar-refractivity contribution in [1.82, 2.24) is 0 Å². The molecule has 3 aromatic carbocycles. The fourth-order valence-electron chi connectivity index (χ4n) is 5.06. The number of esters is 3. The van der Waals surface area contributed by atoms with Crippen LogP contribution in [0.25, 0.3) is 0 Å². The molecular formula is C32H30O6. The van der Waals surface area contributed by atoms with Gasteiger partial charge in [-0.15, -0.1) is 0 Å². The summed E-state index contributed by atoms with van der Waals surface area (Å²) >= 11 is 0. The fraction of sp³-hybridized carbons (Fsp3) is 0.344. The second-order valence-electron chi connectivity index (χ2n) is 11.0. The van der Waals surface area contributed by atoms with Gasteiger partial charge in [0.25, 0.3) is 0 Å². The Kier molecular flexibility index (Phi) is 6.26. The van der Waals surface area contributed by atoms with Gasteiger partial charge < -0.3 is 14.2 Å². The molecule has 6 heteroatoms. The summed E-state index contributed by atoms with van der Waals surface area (Å²) in [6, 6.07) is 16.8. The molecule has 0 N–H and O–H groups in total. The molecule has 0 radical (unpaired) electrons. The number of carbonyl (C=O) groups excluding carboxylic acids is 3. The summed E-state index contributed by atoms with van der Waals surface area (Å²) in [4.78, 5) is 38.4. The van der Waals surface area contributed by atoms with Crippen LogP contribution < -0.4 is 0 Å². The number of hydrogen-bond donors (Lipinski definition) is 0. The van der Waals surface area contributed by atoms with Crippen LogP contribution in [0.15, 0.2) is 54.6 Å². The molecule has 0 spiro atoms. The van der Waals surface area contributed by atoms with Gasteiger partial charge in [-0.25, -0.2) is 14.4 Å². The van der Waals surface area contributed by atoms with Gasteiger partial charge in [-0.2, -0.15) is 0 Å². The van der Waals surface area contributed by atoms with E-state index in [1.54, 1.807) is 25.1 Å². The van der Waals surface area contributed by atoms with Crippen molar-refractivity contribution in [2.24, 2.45) is 5.41 Å². The topological polar surface area (TPSA) is 78.9 Å². The summed E-state index contributed by atoms with van der Waals surface area (Å²) < 4.78 is 17.0. The third-order valence-corrected chi connectivity index (χ3v) is 7.97. The van der Waals surface area contributed by atoms with E-state index in [9.17, 15) is 14.4 Å². The molecule has 0 unspecified atom stereocenters. The molecule has 0 aliphatic heterocycles. The van der Waals surface area contributed by atoms with Crippen LogP contribution in [-0.2, 0) is 52.7 Å². The van der Waals surface area contributed by atoms with Crippen molar-refractivity contribution in [3.63, 3.8) is 0 Å². The Hall–Kier alpha value is -3.93. The third-order valence-electron chi connectivity index (χ3n) is 7.97. The van der Waals surface area contributed by atoms with Crippen LogP contribution in [0.5, 0.6) is 0 Å². The first-order chi connectivity index (χ1) is 18.4. The van der Waals surface area contributed by atoms with Crippen LogP contribution in [0, 0.1) is 5.41 Å². The van der Waals surface area contributed by atoms with Crippen LogP contribution in [0.4, 0.5) is 0 Å². The Morgan fingerprint density at radius 2 is 0.816 bits per heavy atom. The lowest BCUT2D eigenvalue weighted by Crippen LogP contribution is -2.37. The molecule has 194 valence electrons. The van der Waals surface area contributed by atoms with E-state index in [0.29, 0.717) is 16.7 Å². The van der Waals surface area contributed by atoms with Crippen molar-refractivity contribution in [1.29, 1.82) is 0 Å². The van der Waals surface area contributed by atoms with E-state index in [1.165, 1.54) is 33.4 Å². The van der Waals surface area contributed by atoms with Gasteiger partial charge in [-0.3, -0.25) is 0 Å². The second kappa shape index (κ2) is 9.75. The molecule has 0 amide bonds. The van der Waals surface area contributed by atoms with Gasteiger partial charge >= 0.3 is 17.9 Å². The van der Waals surface area contributed by atoms with Crippen molar-refractivity contribution >= 4 is 17.9 Å². The van der Waals surface area contributed by atoms with E-state index < -0.39 is 23.3 Å². The Morgan fingerprint density at radius 3 is 1.05 bits per heavy atom. The zero-order valence-corrected chi connectivity index (χ0v) is 21.5. The van der Waals surface area contributed by atoms with Gasteiger partial charge in [0, 0.05) is 0 Å². The monoisotopic (exact) mass is 510 g/mol. The fourth-order valence-corrected chi connectivity index (χ4v) is 5.06. The van der Waals surface area contributed by atoms with Crippen molar-refractivity contribution in [2.75, 3.05) is 19.8 Å². The van der Waals surface area contributed by atoms with Crippen molar-refractivity contribution in [3.8, 4) is 0 Å². The molecule has 0 saturated carbocycles. The maximum Gasteiger partial charge on any atom is 0.338 e. The van der Waals surface area contributed by atoms with Gasteiger partial charge in [0.1, 0.15) is 19.8 Å². The second-order valence-corrected chi connectivity index (χ2v) is 11.0. The first-order valence-corrected chi connectivity index (χ1v) is 13.2. The van der Waals surface area contributed by atoms with E-state index >= 15 is 0 Å². The summed E-state index contributed by atoms with van der Waals surface area (Å²) in [7, 11) is 0. The van der Waals surface area contributed by atoms with E-state index in [-0.39, 0.29) is 19.8 Å². The van der Waals surface area contributed by atoms with E-state index in [2.05, 4.69) is 0 Å².